The normalized spacial score (nSPS) is 17.4. The first kappa shape index (κ1) is 21.9. The van der Waals surface area contributed by atoms with Crippen molar-refractivity contribution in [2.45, 2.75) is 13.0 Å². The molecular weight excluding hydrogens is 436 g/mol. The standard InChI is InChI=1S/C21H24N4O4S2/c26-18(22-4-5-25-19(27)14-31-21(25)28)11-17-13-30-20(23-17)16-3-1-2-15(10-16)12-24-6-8-29-9-7-24/h1-3,10,13H,4-9,11-12,14H2,(H,22,26). The average Bonchev–Trinajstić information content (AvgIpc) is 3.36. The summed E-state index contributed by atoms with van der Waals surface area (Å²) in [7, 11) is 0. The highest BCUT2D eigenvalue weighted by Crippen LogP contribution is 2.25. The van der Waals surface area contributed by atoms with Crippen LogP contribution >= 0.6 is 23.1 Å². The Labute approximate surface area is 189 Å². The van der Waals surface area contributed by atoms with Crippen molar-refractivity contribution in [3.05, 3.63) is 40.9 Å². The lowest BCUT2D eigenvalue weighted by Crippen LogP contribution is -2.37. The van der Waals surface area contributed by atoms with Crippen LogP contribution in [0.3, 0.4) is 0 Å². The zero-order valence-electron chi connectivity index (χ0n) is 17.0. The van der Waals surface area contributed by atoms with Crippen molar-refractivity contribution in [1.29, 1.82) is 0 Å². The molecule has 0 bridgehead atoms. The predicted molar refractivity (Wildman–Crippen MR) is 120 cm³/mol. The summed E-state index contributed by atoms with van der Waals surface area (Å²) in [4.78, 5) is 43.5. The molecule has 2 fully saturated rings. The SMILES string of the molecule is O=C(Cc1csc(-c2cccc(CN3CCOCC3)c2)n1)NCCN1C(=O)CSC1=O. The van der Waals surface area contributed by atoms with E-state index in [0.29, 0.717) is 5.69 Å². The molecule has 0 unspecified atom stereocenters. The van der Waals surface area contributed by atoms with Crippen molar-refractivity contribution in [2.75, 3.05) is 45.1 Å². The van der Waals surface area contributed by atoms with Crippen molar-refractivity contribution >= 4 is 40.2 Å². The monoisotopic (exact) mass is 460 g/mol. The molecule has 0 atom stereocenters. The summed E-state index contributed by atoms with van der Waals surface area (Å²) in [5.74, 6) is -0.198. The van der Waals surface area contributed by atoms with Gasteiger partial charge in [0.05, 0.1) is 31.1 Å². The number of nitrogens with zero attached hydrogens (tertiary/aromatic N) is 3. The van der Waals surface area contributed by atoms with Crippen molar-refractivity contribution in [3.8, 4) is 10.6 Å². The van der Waals surface area contributed by atoms with Crippen LogP contribution in [0.25, 0.3) is 10.6 Å². The Morgan fingerprint density at radius 1 is 1.23 bits per heavy atom. The number of thioether (sulfide) groups is 1. The number of hydrogen-bond acceptors (Lipinski definition) is 8. The summed E-state index contributed by atoms with van der Waals surface area (Å²) in [5, 5.41) is 5.29. The number of nitrogens with one attached hydrogen (secondary N) is 1. The number of morpholine rings is 1. The van der Waals surface area contributed by atoms with Crippen LogP contribution in [0.5, 0.6) is 0 Å². The average molecular weight is 461 g/mol. The van der Waals surface area contributed by atoms with Gasteiger partial charge in [0, 0.05) is 43.7 Å². The van der Waals surface area contributed by atoms with Crippen LogP contribution in [-0.4, -0.2) is 77.0 Å². The Morgan fingerprint density at radius 2 is 2.06 bits per heavy atom. The van der Waals surface area contributed by atoms with E-state index in [9.17, 15) is 14.4 Å². The minimum atomic E-state index is -0.251. The molecule has 2 saturated heterocycles. The highest BCUT2D eigenvalue weighted by atomic mass is 32.2. The van der Waals surface area contributed by atoms with Crippen LogP contribution < -0.4 is 5.32 Å². The Hall–Kier alpha value is -2.27. The molecule has 3 heterocycles. The summed E-state index contributed by atoms with van der Waals surface area (Å²) in [6.45, 7) is 4.78. The second kappa shape index (κ2) is 10.4. The predicted octanol–water partition coefficient (Wildman–Crippen LogP) is 2.00. The Balaban J connectivity index is 1.28. The molecule has 0 radical (unpaired) electrons. The van der Waals surface area contributed by atoms with Gasteiger partial charge in [-0.3, -0.25) is 24.2 Å². The first-order chi connectivity index (χ1) is 15.1. The number of ether oxygens (including phenoxy) is 1. The maximum absolute atomic E-state index is 12.2. The maximum Gasteiger partial charge on any atom is 0.288 e. The lowest BCUT2D eigenvalue weighted by atomic mass is 10.1. The Morgan fingerprint density at radius 3 is 2.84 bits per heavy atom. The highest BCUT2D eigenvalue weighted by molar-refractivity contribution is 8.14. The molecule has 2 aromatic rings. The minimum Gasteiger partial charge on any atom is -0.379 e. The number of amides is 3. The molecule has 1 aromatic carbocycles. The first-order valence-electron chi connectivity index (χ1n) is 10.2. The molecule has 0 aliphatic carbocycles. The number of thiazole rings is 1. The molecule has 164 valence electrons. The molecule has 0 saturated carbocycles. The molecular formula is C21H24N4O4S2. The fourth-order valence-electron chi connectivity index (χ4n) is 3.47. The van der Waals surface area contributed by atoms with E-state index in [0.717, 1.165) is 55.2 Å². The van der Waals surface area contributed by atoms with Crippen molar-refractivity contribution in [1.82, 2.24) is 20.1 Å². The van der Waals surface area contributed by atoms with Gasteiger partial charge in [-0.25, -0.2) is 4.98 Å². The molecule has 8 nitrogen and oxygen atoms in total. The van der Waals surface area contributed by atoms with Gasteiger partial charge in [0.15, 0.2) is 0 Å². The second-order valence-electron chi connectivity index (χ2n) is 7.36. The number of aromatic nitrogens is 1. The summed E-state index contributed by atoms with van der Waals surface area (Å²) in [6, 6.07) is 8.35. The number of carbonyl (C=O) groups excluding carboxylic acids is 3. The van der Waals surface area contributed by atoms with E-state index in [2.05, 4.69) is 27.3 Å². The van der Waals surface area contributed by atoms with Crippen LogP contribution in [0.4, 0.5) is 4.79 Å². The number of rotatable bonds is 8. The van der Waals surface area contributed by atoms with Gasteiger partial charge in [0.25, 0.3) is 5.24 Å². The van der Waals surface area contributed by atoms with Gasteiger partial charge in [0.1, 0.15) is 5.01 Å². The van der Waals surface area contributed by atoms with Gasteiger partial charge >= 0.3 is 0 Å². The van der Waals surface area contributed by atoms with Crippen molar-refractivity contribution < 1.29 is 19.1 Å². The fraction of sp³-hybridized carbons (Fsp3) is 0.429. The Bertz CT molecular complexity index is 942. The van der Waals surface area contributed by atoms with E-state index in [-0.39, 0.29) is 42.3 Å². The van der Waals surface area contributed by atoms with E-state index < -0.39 is 0 Å². The lowest BCUT2D eigenvalue weighted by molar-refractivity contribution is -0.125. The van der Waals surface area contributed by atoms with E-state index in [1.807, 2.05) is 17.5 Å². The second-order valence-corrected chi connectivity index (χ2v) is 9.14. The fourth-order valence-corrected chi connectivity index (χ4v) is 5.04. The quantitative estimate of drug-likeness (QED) is 0.644. The molecule has 1 N–H and O–H groups in total. The van der Waals surface area contributed by atoms with Crippen LogP contribution in [0.2, 0.25) is 0 Å². The molecule has 10 heteroatoms. The van der Waals surface area contributed by atoms with Gasteiger partial charge in [-0.2, -0.15) is 0 Å². The number of benzene rings is 1. The zero-order valence-corrected chi connectivity index (χ0v) is 18.7. The molecule has 1 aromatic heterocycles. The van der Waals surface area contributed by atoms with Crippen LogP contribution in [-0.2, 0) is 27.3 Å². The molecule has 2 aliphatic heterocycles. The third kappa shape index (κ3) is 5.91. The smallest absolute Gasteiger partial charge is 0.288 e. The number of imide groups is 1. The molecule has 4 rings (SSSR count). The van der Waals surface area contributed by atoms with Crippen molar-refractivity contribution in [2.24, 2.45) is 0 Å². The van der Waals surface area contributed by atoms with Crippen LogP contribution in [0, 0.1) is 0 Å². The summed E-state index contributed by atoms with van der Waals surface area (Å²) in [5.41, 5.74) is 2.99. The van der Waals surface area contributed by atoms with Crippen molar-refractivity contribution in [3.63, 3.8) is 0 Å². The topological polar surface area (TPSA) is 91.8 Å². The zero-order chi connectivity index (χ0) is 21.6. The number of carbonyl (C=O) groups is 3. The molecule has 0 spiro atoms. The van der Waals surface area contributed by atoms with Gasteiger partial charge in [-0.15, -0.1) is 11.3 Å². The van der Waals surface area contributed by atoms with Gasteiger partial charge in [-0.05, 0) is 11.6 Å². The first-order valence-corrected chi connectivity index (χ1v) is 12.0. The van der Waals surface area contributed by atoms with Crippen LogP contribution in [0.1, 0.15) is 11.3 Å². The third-order valence-electron chi connectivity index (χ3n) is 5.08. The van der Waals surface area contributed by atoms with E-state index in [1.54, 1.807) is 0 Å². The van der Waals surface area contributed by atoms with Gasteiger partial charge in [0.2, 0.25) is 11.8 Å². The number of hydrogen-bond donors (Lipinski definition) is 1. The summed E-state index contributed by atoms with van der Waals surface area (Å²) >= 11 is 2.51. The minimum absolute atomic E-state index is 0.167. The molecule has 3 amide bonds. The van der Waals surface area contributed by atoms with Gasteiger partial charge in [-0.1, -0.05) is 30.0 Å². The summed E-state index contributed by atoms with van der Waals surface area (Å²) in [6.07, 6.45) is 0.167. The highest BCUT2D eigenvalue weighted by Gasteiger charge is 2.29. The largest absolute Gasteiger partial charge is 0.379 e. The van der Waals surface area contributed by atoms with E-state index in [1.165, 1.54) is 21.8 Å². The van der Waals surface area contributed by atoms with Crippen LogP contribution in [0.15, 0.2) is 29.6 Å². The van der Waals surface area contributed by atoms with E-state index in [4.69, 9.17) is 4.74 Å². The van der Waals surface area contributed by atoms with E-state index >= 15 is 0 Å². The maximum atomic E-state index is 12.2. The Kier molecular flexibility index (Phi) is 7.33. The molecule has 31 heavy (non-hydrogen) atoms. The third-order valence-corrected chi connectivity index (χ3v) is 6.87. The lowest BCUT2D eigenvalue weighted by Gasteiger charge is -2.26. The molecule has 2 aliphatic rings. The summed E-state index contributed by atoms with van der Waals surface area (Å²) < 4.78 is 5.41. The van der Waals surface area contributed by atoms with Gasteiger partial charge < -0.3 is 10.1 Å².